The van der Waals surface area contributed by atoms with Crippen LogP contribution in [0.2, 0.25) is 0 Å². The van der Waals surface area contributed by atoms with Gasteiger partial charge >= 0.3 is 0 Å². The molecule has 0 saturated carbocycles. The van der Waals surface area contributed by atoms with E-state index in [1.165, 1.54) is 35.1 Å². The first kappa shape index (κ1) is 18.7. The molecular weight excluding hydrogens is 391 g/mol. The molecule has 4 rings (SSSR count). The lowest BCUT2D eigenvalue weighted by atomic mass is 10.1. The number of halogens is 1. The molecule has 0 aliphatic carbocycles. The van der Waals surface area contributed by atoms with Gasteiger partial charge in [-0.3, -0.25) is 9.59 Å². The number of anilines is 1. The van der Waals surface area contributed by atoms with Gasteiger partial charge in [0.2, 0.25) is 5.82 Å². The van der Waals surface area contributed by atoms with Crippen molar-refractivity contribution in [3.63, 3.8) is 0 Å². The Kier molecular flexibility index (Phi) is 5.01. The lowest BCUT2D eigenvalue weighted by Crippen LogP contribution is -2.14. The molecule has 0 unspecified atom stereocenters. The normalized spacial score (nSPS) is 10.7. The quantitative estimate of drug-likeness (QED) is 0.492. The Labute approximate surface area is 169 Å². The van der Waals surface area contributed by atoms with Crippen LogP contribution in [-0.4, -0.2) is 26.5 Å². The van der Waals surface area contributed by atoms with Crippen LogP contribution < -0.4 is 5.32 Å². The van der Waals surface area contributed by atoms with Crippen molar-refractivity contribution < 1.29 is 14.0 Å². The number of benzene rings is 2. The highest BCUT2D eigenvalue weighted by molar-refractivity contribution is 7.13. The number of hydrogen-bond donors (Lipinski definition) is 1. The van der Waals surface area contributed by atoms with Crippen LogP contribution in [0.4, 0.5) is 10.1 Å². The van der Waals surface area contributed by atoms with E-state index in [1.54, 1.807) is 36.4 Å². The molecule has 29 heavy (non-hydrogen) atoms. The molecule has 6 nitrogen and oxygen atoms in total. The molecule has 0 fully saturated rings. The average Bonchev–Trinajstić information content (AvgIpc) is 3.38. The van der Waals surface area contributed by atoms with E-state index in [0.717, 1.165) is 4.88 Å². The van der Waals surface area contributed by atoms with Gasteiger partial charge in [-0.05, 0) is 54.8 Å². The summed E-state index contributed by atoms with van der Waals surface area (Å²) in [7, 11) is 0. The predicted octanol–water partition coefficient (Wildman–Crippen LogP) is 4.59. The zero-order valence-electron chi connectivity index (χ0n) is 15.3. The summed E-state index contributed by atoms with van der Waals surface area (Å²) < 4.78 is 14.8. The molecule has 2 heterocycles. The minimum absolute atomic E-state index is 0.0362. The SMILES string of the molecule is CC(=O)c1cccc(NC(=O)c2nc(-c3cccs3)n(-c3ccc(F)cc3)n2)c1. The van der Waals surface area contributed by atoms with Crippen LogP contribution in [0.15, 0.2) is 66.0 Å². The summed E-state index contributed by atoms with van der Waals surface area (Å²) in [6.45, 7) is 1.46. The topological polar surface area (TPSA) is 76.9 Å². The minimum Gasteiger partial charge on any atom is -0.319 e. The molecule has 0 aliphatic heterocycles. The maximum absolute atomic E-state index is 13.3. The van der Waals surface area contributed by atoms with Gasteiger partial charge in [0.15, 0.2) is 11.6 Å². The summed E-state index contributed by atoms with van der Waals surface area (Å²) in [5.74, 6) is -0.529. The number of nitrogens with zero attached hydrogens (tertiary/aromatic N) is 3. The van der Waals surface area contributed by atoms with Crippen molar-refractivity contribution in [1.82, 2.24) is 14.8 Å². The molecule has 0 radical (unpaired) electrons. The third-order valence-corrected chi connectivity index (χ3v) is 5.02. The molecule has 2 aromatic carbocycles. The summed E-state index contributed by atoms with van der Waals surface area (Å²) in [5, 5.41) is 8.94. The van der Waals surface area contributed by atoms with Crippen molar-refractivity contribution in [2.45, 2.75) is 6.92 Å². The van der Waals surface area contributed by atoms with Crippen LogP contribution in [0.3, 0.4) is 0 Å². The largest absolute Gasteiger partial charge is 0.319 e. The number of carbonyl (C=O) groups is 2. The van der Waals surface area contributed by atoms with Gasteiger partial charge in [0.25, 0.3) is 5.91 Å². The van der Waals surface area contributed by atoms with Gasteiger partial charge in [0, 0.05) is 11.3 Å². The molecule has 0 saturated heterocycles. The molecular formula is C21H15FN4O2S. The van der Waals surface area contributed by atoms with E-state index in [4.69, 9.17) is 0 Å². The number of ketones is 1. The van der Waals surface area contributed by atoms with Crippen LogP contribution in [-0.2, 0) is 0 Å². The molecule has 8 heteroatoms. The van der Waals surface area contributed by atoms with Gasteiger partial charge in [-0.2, -0.15) is 0 Å². The van der Waals surface area contributed by atoms with Gasteiger partial charge < -0.3 is 5.32 Å². The number of thiophene rings is 1. The van der Waals surface area contributed by atoms with Crippen LogP contribution in [0, 0.1) is 5.82 Å². The van der Waals surface area contributed by atoms with Gasteiger partial charge in [-0.15, -0.1) is 16.4 Å². The molecule has 0 spiro atoms. The smallest absolute Gasteiger partial charge is 0.295 e. The number of rotatable bonds is 5. The summed E-state index contributed by atoms with van der Waals surface area (Å²) >= 11 is 1.46. The molecule has 2 aromatic heterocycles. The zero-order chi connectivity index (χ0) is 20.4. The molecule has 1 amide bonds. The van der Waals surface area contributed by atoms with Crippen molar-refractivity contribution in [1.29, 1.82) is 0 Å². The summed E-state index contributed by atoms with van der Waals surface area (Å²) in [4.78, 5) is 29.5. The lowest BCUT2D eigenvalue weighted by molar-refractivity contribution is 0.100. The first-order chi connectivity index (χ1) is 14.0. The van der Waals surface area contributed by atoms with Gasteiger partial charge in [0.1, 0.15) is 5.82 Å². The number of nitrogens with one attached hydrogen (secondary N) is 1. The van der Waals surface area contributed by atoms with Crippen molar-refractivity contribution in [3.8, 4) is 16.4 Å². The molecule has 4 aromatic rings. The Hall–Kier alpha value is -3.65. The second kappa shape index (κ2) is 7.76. The van der Waals surface area contributed by atoms with Gasteiger partial charge in [-0.1, -0.05) is 18.2 Å². The fourth-order valence-electron chi connectivity index (χ4n) is 2.74. The van der Waals surface area contributed by atoms with E-state index in [0.29, 0.717) is 22.8 Å². The number of amides is 1. The summed E-state index contributed by atoms with van der Waals surface area (Å²) in [5.41, 5.74) is 1.55. The van der Waals surface area contributed by atoms with E-state index in [2.05, 4.69) is 15.4 Å². The van der Waals surface area contributed by atoms with Crippen LogP contribution in [0.5, 0.6) is 0 Å². The lowest BCUT2D eigenvalue weighted by Gasteiger charge is -2.04. The Morgan fingerprint density at radius 2 is 1.86 bits per heavy atom. The Morgan fingerprint density at radius 3 is 2.55 bits per heavy atom. The van der Waals surface area contributed by atoms with E-state index < -0.39 is 5.91 Å². The number of aromatic nitrogens is 3. The maximum Gasteiger partial charge on any atom is 0.295 e. The minimum atomic E-state index is -0.510. The second-order valence-corrected chi connectivity index (χ2v) is 7.16. The fraction of sp³-hybridized carbons (Fsp3) is 0.0476. The predicted molar refractivity (Wildman–Crippen MR) is 109 cm³/mol. The Morgan fingerprint density at radius 1 is 1.07 bits per heavy atom. The van der Waals surface area contributed by atoms with Crippen molar-refractivity contribution in [2.24, 2.45) is 0 Å². The van der Waals surface area contributed by atoms with Crippen LogP contribution in [0.25, 0.3) is 16.4 Å². The standard InChI is InChI=1S/C21H15FN4O2S/c1-13(27)14-4-2-5-16(12-14)23-21(28)19-24-20(18-6-3-11-29-18)26(25-19)17-9-7-15(22)8-10-17/h2-12H,1H3,(H,23,28). The maximum atomic E-state index is 13.3. The molecule has 144 valence electrons. The third kappa shape index (κ3) is 3.97. The van der Waals surface area contributed by atoms with Crippen molar-refractivity contribution >= 4 is 28.7 Å². The zero-order valence-corrected chi connectivity index (χ0v) is 16.1. The number of Topliss-reactive ketones (excluding diaryl/α,β-unsaturated/α-hetero) is 1. The highest BCUT2D eigenvalue weighted by Crippen LogP contribution is 2.26. The van der Waals surface area contributed by atoms with Crippen molar-refractivity contribution in [2.75, 3.05) is 5.32 Å². The molecule has 0 aliphatic rings. The van der Waals surface area contributed by atoms with Gasteiger partial charge in [0.05, 0.1) is 10.6 Å². The second-order valence-electron chi connectivity index (χ2n) is 6.22. The van der Waals surface area contributed by atoms with Crippen LogP contribution >= 0.6 is 11.3 Å². The van der Waals surface area contributed by atoms with Crippen molar-refractivity contribution in [3.05, 3.63) is 83.2 Å². The monoisotopic (exact) mass is 406 g/mol. The van der Waals surface area contributed by atoms with E-state index in [-0.39, 0.29) is 17.4 Å². The average molecular weight is 406 g/mol. The Balaban J connectivity index is 1.70. The van der Waals surface area contributed by atoms with Gasteiger partial charge in [-0.25, -0.2) is 14.1 Å². The highest BCUT2D eigenvalue weighted by Gasteiger charge is 2.19. The van der Waals surface area contributed by atoms with Crippen LogP contribution in [0.1, 0.15) is 27.9 Å². The molecule has 1 N–H and O–H groups in total. The first-order valence-corrected chi connectivity index (χ1v) is 9.58. The Bertz CT molecular complexity index is 1180. The number of carbonyl (C=O) groups excluding carboxylic acids is 2. The summed E-state index contributed by atoms with van der Waals surface area (Å²) in [6, 6.07) is 16.2. The molecule has 0 atom stereocenters. The summed E-state index contributed by atoms with van der Waals surface area (Å²) in [6.07, 6.45) is 0. The number of hydrogen-bond acceptors (Lipinski definition) is 5. The third-order valence-electron chi connectivity index (χ3n) is 4.15. The highest BCUT2D eigenvalue weighted by atomic mass is 32.1. The fourth-order valence-corrected chi connectivity index (χ4v) is 3.44. The van der Waals surface area contributed by atoms with E-state index in [9.17, 15) is 14.0 Å². The first-order valence-electron chi connectivity index (χ1n) is 8.70. The van der Waals surface area contributed by atoms with E-state index >= 15 is 0 Å². The molecule has 0 bridgehead atoms. The van der Waals surface area contributed by atoms with E-state index in [1.807, 2.05) is 17.5 Å².